The van der Waals surface area contributed by atoms with Crippen molar-refractivity contribution in [1.29, 1.82) is 0 Å². The van der Waals surface area contributed by atoms with Gasteiger partial charge < -0.3 is 9.84 Å². The highest BCUT2D eigenvalue weighted by Crippen LogP contribution is 2.31. The SMILES string of the molecule is COc1ccc2c(c1)c(CCC(=O)O)c(C)n2C(=O)c1ccc(Br)cc1. The molecule has 3 aromatic rings. The number of benzene rings is 2. The zero-order chi connectivity index (χ0) is 18.8. The predicted octanol–water partition coefficient (Wildman–Crippen LogP) is 4.43. The van der Waals surface area contributed by atoms with Gasteiger partial charge in [0.15, 0.2) is 0 Å². The molecular formula is C20H18BrNO4. The van der Waals surface area contributed by atoms with E-state index >= 15 is 0 Å². The summed E-state index contributed by atoms with van der Waals surface area (Å²) in [6.45, 7) is 1.85. The monoisotopic (exact) mass is 415 g/mol. The van der Waals surface area contributed by atoms with Crippen LogP contribution in [0, 0.1) is 6.92 Å². The summed E-state index contributed by atoms with van der Waals surface area (Å²) in [4.78, 5) is 24.1. The predicted molar refractivity (Wildman–Crippen MR) is 103 cm³/mol. The van der Waals surface area contributed by atoms with Crippen LogP contribution in [0.1, 0.15) is 28.0 Å². The number of aryl methyl sites for hydroxylation is 1. The number of ether oxygens (including phenoxy) is 1. The minimum absolute atomic E-state index is 0.00361. The Bertz CT molecular complexity index is 989. The average molecular weight is 416 g/mol. The number of carbonyl (C=O) groups is 2. The Morgan fingerprint density at radius 3 is 2.46 bits per heavy atom. The fraction of sp³-hybridized carbons (Fsp3) is 0.200. The number of fused-ring (bicyclic) bond motifs is 1. The molecule has 1 N–H and O–H groups in total. The van der Waals surface area contributed by atoms with Crippen LogP contribution in [0.5, 0.6) is 5.75 Å². The van der Waals surface area contributed by atoms with E-state index in [1.165, 1.54) is 0 Å². The van der Waals surface area contributed by atoms with Gasteiger partial charge in [-0.25, -0.2) is 0 Å². The minimum Gasteiger partial charge on any atom is -0.497 e. The second-order valence-electron chi connectivity index (χ2n) is 5.99. The molecule has 0 saturated carbocycles. The molecular weight excluding hydrogens is 398 g/mol. The van der Waals surface area contributed by atoms with Crippen molar-refractivity contribution in [3.63, 3.8) is 0 Å². The van der Waals surface area contributed by atoms with Crippen molar-refractivity contribution >= 4 is 38.7 Å². The Morgan fingerprint density at radius 2 is 1.85 bits per heavy atom. The lowest BCUT2D eigenvalue weighted by molar-refractivity contribution is -0.136. The summed E-state index contributed by atoms with van der Waals surface area (Å²) in [5, 5.41) is 9.90. The van der Waals surface area contributed by atoms with Gasteiger partial charge in [-0.15, -0.1) is 0 Å². The number of hydrogen-bond acceptors (Lipinski definition) is 3. The maximum Gasteiger partial charge on any atom is 0.303 e. The van der Waals surface area contributed by atoms with Gasteiger partial charge in [0, 0.05) is 27.5 Å². The molecule has 0 atom stereocenters. The van der Waals surface area contributed by atoms with Crippen molar-refractivity contribution < 1.29 is 19.4 Å². The molecule has 6 heteroatoms. The van der Waals surface area contributed by atoms with E-state index in [-0.39, 0.29) is 12.3 Å². The molecule has 0 aliphatic carbocycles. The summed E-state index contributed by atoms with van der Waals surface area (Å²) in [7, 11) is 1.58. The van der Waals surface area contributed by atoms with Crippen molar-refractivity contribution in [2.75, 3.05) is 7.11 Å². The zero-order valence-corrected chi connectivity index (χ0v) is 16.0. The van der Waals surface area contributed by atoms with Crippen LogP contribution in [0.25, 0.3) is 10.9 Å². The topological polar surface area (TPSA) is 68.5 Å². The first kappa shape index (κ1) is 18.2. The van der Waals surface area contributed by atoms with Gasteiger partial charge in [0.25, 0.3) is 5.91 Å². The molecule has 5 nitrogen and oxygen atoms in total. The standard InChI is InChI=1S/C20H18BrNO4/c1-12-16(8-10-19(23)24)17-11-15(26-2)7-9-18(17)22(12)20(25)13-3-5-14(21)6-4-13/h3-7,9,11H,8,10H2,1-2H3,(H,23,24). The number of nitrogens with zero attached hydrogens (tertiary/aromatic N) is 1. The summed E-state index contributed by atoms with van der Waals surface area (Å²) in [6.07, 6.45) is 0.356. The van der Waals surface area contributed by atoms with E-state index in [0.29, 0.717) is 17.7 Å². The summed E-state index contributed by atoms with van der Waals surface area (Å²) in [5.74, 6) is -0.346. The van der Waals surface area contributed by atoms with Crippen LogP contribution in [0.4, 0.5) is 0 Å². The van der Waals surface area contributed by atoms with Crippen LogP contribution < -0.4 is 4.74 Å². The third kappa shape index (κ3) is 3.37. The fourth-order valence-corrected chi connectivity index (χ4v) is 3.38. The molecule has 0 fully saturated rings. The molecule has 1 aromatic heterocycles. The number of aliphatic carboxylic acids is 1. The Balaban J connectivity index is 2.18. The highest BCUT2D eigenvalue weighted by molar-refractivity contribution is 9.10. The Hall–Kier alpha value is -2.60. The molecule has 3 rings (SSSR count). The van der Waals surface area contributed by atoms with E-state index in [0.717, 1.165) is 26.6 Å². The van der Waals surface area contributed by atoms with Gasteiger partial charge in [0.1, 0.15) is 5.75 Å². The molecule has 26 heavy (non-hydrogen) atoms. The van der Waals surface area contributed by atoms with E-state index in [1.54, 1.807) is 29.9 Å². The zero-order valence-electron chi connectivity index (χ0n) is 14.5. The van der Waals surface area contributed by atoms with Gasteiger partial charge in [0.2, 0.25) is 0 Å². The summed E-state index contributed by atoms with van der Waals surface area (Å²) in [6, 6.07) is 12.7. The smallest absolute Gasteiger partial charge is 0.303 e. The Kier molecular flexibility index (Phi) is 5.13. The van der Waals surface area contributed by atoms with E-state index < -0.39 is 5.97 Å². The van der Waals surface area contributed by atoms with Crippen LogP contribution in [0.3, 0.4) is 0 Å². The molecule has 0 amide bonds. The second kappa shape index (κ2) is 7.33. The Labute approximate surface area is 159 Å². The lowest BCUT2D eigenvalue weighted by Crippen LogP contribution is -2.13. The number of methoxy groups -OCH3 is 1. The van der Waals surface area contributed by atoms with E-state index in [9.17, 15) is 9.59 Å². The first-order chi connectivity index (χ1) is 12.4. The quantitative estimate of drug-likeness (QED) is 0.669. The van der Waals surface area contributed by atoms with Crippen LogP contribution >= 0.6 is 15.9 Å². The lowest BCUT2D eigenvalue weighted by Gasteiger charge is -2.08. The first-order valence-corrected chi connectivity index (χ1v) is 8.91. The molecule has 0 spiro atoms. The number of carboxylic acids is 1. The van der Waals surface area contributed by atoms with Crippen LogP contribution in [-0.4, -0.2) is 28.7 Å². The maximum absolute atomic E-state index is 13.1. The molecule has 134 valence electrons. The number of halogens is 1. The van der Waals surface area contributed by atoms with E-state index in [2.05, 4.69) is 15.9 Å². The minimum atomic E-state index is -0.868. The number of aromatic nitrogens is 1. The maximum atomic E-state index is 13.1. The van der Waals surface area contributed by atoms with Gasteiger partial charge in [0.05, 0.1) is 12.6 Å². The molecule has 0 unspecified atom stereocenters. The molecule has 0 aliphatic heterocycles. The van der Waals surface area contributed by atoms with Crippen LogP contribution in [0.2, 0.25) is 0 Å². The summed E-state index contributed by atoms with van der Waals surface area (Å²) >= 11 is 3.37. The number of rotatable bonds is 5. The van der Waals surface area contributed by atoms with Crippen LogP contribution in [-0.2, 0) is 11.2 Å². The van der Waals surface area contributed by atoms with Crippen molar-refractivity contribution in [1.82, 2.24) is 4.57 Å². The van der Waals surface area contributed by atoms with Gasteiger partial charge in [-0.05, 0) is 61.4 Å². The number of carbonyl (C=O) groups excluding carboxylic acids is 1. The molecule has 0 bridgehead atoms. The van der Waals surface area contributed by atoms with Gasteiger partial charge >= 0.3 is 5.97 Å². The van der Waals surface area contributed by atoms with Crippen molar-refractivity contribution in [2.24, 2.45) is 0 Å². The van der Waals surface area contributed by atoms with Crippen molar-refractivity contribution in [3.8, 4) is 5.75 Å². The Morgan fingerprint density at radius 1 is 1.15 bits per heavy atom. The lowest BCUT2D eigenvalue weighted by atomic mass is 10.1. The van der Waals surface area contributed by atoms with Crippen molar-refractivity contribution in [3.05, 3.63) is 63.8 Å². The highest BCUT2D eigenvalue weighted by atomic mass is 79.9. The number of carboxylic acid groups (broad SMARTS) is 1. The van der Waals surface area contributed by atoms with Crippen LogP contribution in [0.15, 0.2) is 46.9 Å². The number of hydrogen-bond donors (Lipinski definition) is 1. The molecule has 2 aromatic carbocycles. The highest BCUT2D eigenvalue weighted by Gasteiger charge is 2.20. The molecule has 0 radical (unpaired) electrons. The summed E-state index contributed by atoms with van der Waals surface area (Å²) < 4.78 is 7.84. The first-order valence-electron chi connectivity index (χ1n) is 8.12. The van der Waals surface area contributed by atoms with Gasteiger partial charge in [-0.3, -0.25) is 14.2 Å². The average Bonchev–Trinajstić information content (AvgIpc) is 2.90. The van der Waals surface area contributed by atoms with Gasteiger partial charge in [-0.1, -0.05) is 15.9 Å². The third-order valence-corrected chi connectivity index (χ3v) is 4.95. The van der Waals surface area contributed by atoms with Gasteiger partial charge in [-0.2, -0.15) is 0 Å². The van der Waals surface area contributed by atoms with E-state index in [4.69, 9.17) is 9.84 Å². The van der Waals surface area contributed by atoms with Crippen molar-refractivity contribution in [2.45, 2.75) is 19.8 Å². The normalized spacial score (nSPS) is 10.9. The second-order valence-corrected chi connectivity index (χ2v) is 6.90. The molecule has 0 aliphatic rings. The molecule has 0 saturated heterocycles. The third-order valence-electron chi connectivity index (χ3n) is 4.43. The fourth-order valence-electron chi connectivity index (χ4n) is 3.12. The summed E-state index contributed by atoms with van der Waals surface area (Å²) in [5.41, 5.74) is 2.92. The largest absolute Gasteiger partial charge is 0.497 e. The molecule has 1 heterocycles. The van der Waals surface area contributed by atoms with E-state index in [1.807, 2.05) is 31.2 Å².